The quantitative estimate of drug-likeness (QED) is 0.850. The summed E-state index contributed by atoms with van der Waals surface area (Å²) in [6.45, 7) is -0.206. The fourth-order valence-corrected chi connectivity index (χ4v) is 1.60. The molecular formula is C15H12N2O4. The summed E-state index contributed by atoms with van der Waals surface area (Å²) >= 11 is 0. The van der Waals surface area contributed by atoms with E-state index in [1.54, 1.807) is 30.3 Å². The number of nitrogens with zero attached hydrogens (tertiary/aromatic N) is 1. The van der Waals surface area contributed by atoms with Crippen molar-refractivity contribution >= 4 is 11.9 Å². The number of carbonyl (C=O) groups excluding carboxylic acids is 2. The van der Waals surface area contributed by atoms with Gasteiger partial charge in [-0.05, 0) is 24.3 Å². The molecule has 106 valence electrons. The molecule has 1 aromatic carbocycles. The van der Waals surface area contributed by atoms with Gasteiger partial charge in [-0.1, -0.05) is 12.1 Å². The molecule has 0 radical (unpaired) electrons. The van der Waals surface area contributed by atoms with Gasteiger partial charge in [0.25, 0.3) is 0 Å². The number of nitrogens with one attached hydrogen (secondary N) is 1. The van der Waals surface area contributed by atoms with E-state index in [2.05, 4.69) is 5.32 Å². The number of hydrogen-bond donors (Lipinski definition) is 1. The number of Topliss-reactive ketones (excluding diaryl/α,β-unsaturated/α-hetero) is 1. The first-order chi connectivity index (χ1) is 10.2. The van der Waals surface area contributed by atoms with Gasteiger partial charge in [-0.3, -0.25) is 4.79 Å². The van der Waals surface area contributed by atoms with Gasteiger partial charge in [0.15, 0.2) is 12.4 Å². The Bertz CT molecular complexity index is 671. The van der Waals surface area contributed by atoms with E-state index in [4.69, 9.17) is 14.4 Å². The third-order valence-corrected chi connectivity index (χ3v) is 2.63. The highest BCUT2D eigenvalue weighted by Crippen LogP contribution is 2.05. The Morgan fingerprint density at radius 1 is 1.29 bits per heavy atom. The topological polar surface area (TPSA) is 92.3 Å². The molecular weight excluding hydrogens is 272 g/mol. The average molecular weight is 284 g/mol. The summed E-state index contributed by atoms with van der Waals surface area (Å²) in [4.78, 5) is 23.3. The van der Waals surface area contributed by atoms with Crippen molar-refractivity contribution in [2.75, 3.05) is 6.54 Å². The summed E-state index contributed by atoms with van der Waals surface area (Å²) in [7, 11) is 0. The van der Waals surface area contributed by atoms with Crippen molar-refractivity contribution in [1.82, 2.24) is 5.32 Å². The summed E-state index contributed by atoms with van der Waals surface area (Å²) < 4.78 is 9.87. The highest BCUT2D eigenvalue weighted by atomic mass is 16.6. The average Bonchev–Trinajstić information content (AvgIpc) is 3.04. The third kappa shape index (κ3) is 4.21. The summed E-state index contributed by atoms with van der Waals surface area (Å²) in [6.07, 6.45) is 0.763. The molecule has 0 aliphatic rings. The number of furan rings is 1. The molecule has 1 aromatic heterocycles. The van der Waals surface area contributed by atoms with Crippen LogP contribution in [0, 0.1) is 11.3 Å². The zero-order chi connectivity index (χ0) is 15.1. The van der Waals surface area contributed by atoms with Crippen molar-refractivity contribution < 1.29 is 18.7 Å². The molecule has 0 aliphatic heterocycles. The molecule has 0 aliphatic carbocycles. The number of ether oxygens (including phenoxy) is 1. The van der Waals surface area contributed by atoms with Gasteiger partial charge < -0.3 is 14.5 Å². The molecule has 0 bridgehead atoms. The Hall–Kier alpha value is -3.07. The Morgan fingerprint density at radius 2 is 2.14 bits per heavy atom. The highest BCUT2D eigenvalue weighted by Gasteiger charge is 2.10. The van der Waals surface area contributed by atoms with E-state index in [9.17, 15) is 9.59 Å². The van der Waals surface area contributed by atoms with Gasteiger partial charge in [0.2, 0.25) is 0 Å². The van der Waals surface area contributed by atoms with E-state index in [0.717, 1.165) is 0 Å². The lowest BCUT2D eigenvalue weighted by molar-refractivity contribution is 0.0970. The van der Waals surface area contributed by atoms with Crippen molar-refractivity contribution in [2.24, 2.45) is 0 Å². The molecule has 0 fully saturated rings. The molecule has 21 heavy (non-hydrogen) atoms. The Kier molecular flexibility index (Phi) is 4.72. The number of benzene rings is 1. The molecule has 2 rings (SSSR count). The highest BCUT2D eigenvalue weighted by molar-refractivity contribution is 5.99. The van der Waals surface area contributed by atoms with Crippen LogP contribution in [0.15, 0.2) is 47.1 Å². The number of hydrogen-bond acceptors (Lipinski definition) is 5. The van der Waals surface area contributed by atoms with Gasteiger partial charge >= 0.3 is 6.09 Å². The number of carbonyl (C=O) groups is 2. The molecule has 6 nitrogen and oxygen atoms in total. The fraction of sp³-hybridized carbons (Fsp3) is 0.133. The van der Waals surface area contributed by atoms with Crippen LogP contribution in [-0.2, 0) is 11.3 Å². The molecule has 0 saturated heterocycles. The van der Waals surface area contributed by atoms with Gasteiger partial charge in [0, 0.05) is 5.56 Å². The predicted octanol–water partition coefficient (Wildman–Crippen LogP) is 2.26. The van der Waals surface area contributed by atoms with E-state index < -0.39 is 6.09 Å². The van der Waals surface area contributed by atoms with Crippen LogP contribution in [-0.4, -0.2) is 18.4 Å². The number of rotatable bonds is 5. The number of ketones is 1. The van der Waals surface area contributed by atoms with E-state index in [0.29, 0.717) is 16.9 Å². The normalized spacial score (nSPS) is 9.67. The van der Waals surface area contributed by atoms with Crippen molar-refractivity contribution in [2.45, 2.75) is 6.61 Å². The second-order valence-corrected chi connectivity index (χ2v) is 4.12. The molecule has 0 spiro atoms. The first-order valence-electron chi connectivity index (χ1n) is 6.15. The summed E-state index contributed by atoms with van der Waals surface area (Å²) in [5.41, 5.74) is 0.752. The van der Waals surface area contributed by atoms with Crippen LogP contribution in [0.1, 0.15) is 21.7 Å². The second-order valence-electron chi connectivity index (χ2n) is 4.12. The van der Waals surface area contributed by atoms with Crippen molar-refractivity contribution in [3.8, 4) is 6.07 Å². The van der Waals surface area contributed by atoms with Gasteiger partial charge in [-0.2, -0.15) is 5.26 Å². The molecule has 1 N–H and O–H groups in total. The number of amides is 1. The van der Waals surface area contributed by atoms with E-state index in [-0.39, 0.29) is 18.9 Å². The van der Waals surface area contributed by atoms with Crippen LogP contribution in [0.2, 0.25) is 0 Å². The van der Waals surface area contributed by atoms with Crippen LogP contribution in [0.3, 0.4) is 0 Å². The fourth-order valence-electron chi connectivity index (χ4n) is 1.60. The zero-order valence-corrected chi connectivity index (χ0v) is 11.0. The van der Waals surface area contributed by atoms with E-state index in [1.165, 1.54) is 12.3 Å². The van der Waals surface area contributed by atoms with Crippen molar-refractivity contribution in [3.05, 3.63) is 59.5 Å². The van der Waals surface area contributed by atoms with Gasteiger partial charge in [-0.15, -0.1) is 0 Å². The minimum Gasteiger partial charge on any atom is -0.466 e. The Morgan fingerprint density at radius 3 is 2.86 bits per heavy atom. The Balaban J connectivity index is 1.80. The SMILES string of the molecule is N#Cc1cccc(C(=O)CNC(=O)OCc2ccco2)c1. The lowest BCUT2D eigenvalue weighted by Crippen LogP contribution is -2.30. The van der Waals surface area contributed by atoms with Crippen molar-refractivity contribution in [3.63, 3.8) is 0 Å². The molecule has 2 aromatic rings. The van der Waals surface area contributed by atoms with Crippen LogP contribution >= 0.6 is 0 Å². The molecule has 1 heterocycles. The van der Waals surface area contributed by atoms with Gasteiger partial charge in [0.1, 0.15) is 5.76 Å². The standard InChI is InChI=1S/C15H12N2O4/c16-8-11-3-1-4-12(7-11)14(18)9-17-15(19)21-10-13-5-2-6-20-13/h1-7H,9-10H2,(H,17,19). The monoisotopic (exact) mass is 284 g/mol. The molecule has 0 saturated carbocycles. The summed E-state index contributed by atoms with van der Waals surface area (Å²) in [6, 6.07) is 11.6. The summed E-state index contributed by atoms with van der Waals surface area (Å²) in [5.74, 6) is 0.209. The van der Waals surface area contributed by atoms with Gasteiger partial charge in [0.05, 0.1) is 24.4 Å². The van der Waals surface area contributed by atoms with Crippen LogP contribution in [0.4, 0.5) is 4.79 Å². The zero-order valence-electron chi connectivity index (χ0n) is 11.0. The smallest absolute Gasteiger partial charge is 0.407 e. The largest absolute Gasteiger partial charge is 0.466 e. The molecule has 0 atom stereocenters. The van der Waals surface area contributed by atoms with Crippen LogP contribution in [0.25, 0.3) is 0 Å². The predicted molar refractivity (Wildman–Crippen MR) is 72.4 cm³/mol. The maximum Gasteiger partial charge on any atom is 0.407 e. The minimum atomic E-state index is -0.712. The van der Waals surface area contributed by atoms with E-state index in [1.807, 2.05) is 6.07 Å². The maximum atomic E-state index is 11.9. The second kappa shape index (κ2) is 6.91. The number of alkyl carbamates (subject to hydrolysis) is 1. The first-order valence-corrected chi connectivity index (χ1v) is 6.15. The minimum absolute atomic E-state index is 0.00303. The third-order valence-electron chi connectivity index (χ3n) is 2.63. The van der Waals surface area contributed by atoms with Crippen LogP contribution in [0.5, 0.6) is 0 Å². The lowest BCUT2D eigenvalue weighted by Gasteiger charge is -2.05. The van der Waals surface area contributed by atoms with Crippen molar-refractivity contribution in [1.29, 1.82) is 5.26 Å². The summed E-state index contributed by atoms with van der Waals surface area (Å²) in [5, 5.41) is 11.1. The van der Waals surface area contributed by atoms with Crippen LogP contribution < -0.4 is 5.32 Å². The lowest BCUT2D eigenvalue weighted by atomic mass is 10.1. The molecule has 6 heteroatoms. The molecule has 0 unspecified atom stereocenters. The van der Waals surface area contributed by atoms with E-state index >= 15 is 0 Å². The van der Waals surface area contributed by atoms with Gasteiger partial charge in [-0.25, -0.2) is 4.79 Å². The Labute approximate surface area is 120 Å². The number of nitriles is 1. The molecule has 1 amide bonds. The maximum absolute atomic E-state index is 11.9. The first kappa shape index (κ1) is 14.3.